The molecule has 1 saturated heterocycles. The largest absolute Gasteiger partial charge is 0.481 e. The molecule has 1 aromatic rings. The van der Waals surface area contributed by atoms with Crippen LogP contribution in [0.3, 0.4) is 0 Å². The molecule has 1 aliphatic heterocycles. The highest BCUT2D eigenvalue weighted by molar-refractivity contribution is 7.98. The number of likely N-dealkylation sites (tertiary alicyclic amines) is 1. The molecule has 4 heteroatoms. The lowest BCUT2D eigenvalue weighted by Crippen LogP contribution is -2.47. The first-order valence-corrected chi connectivity index (χ1v) is 8.41. The molecule has 0 saturated carbocycles. The van der Waals surface area contributed by atoms with E-state index in [1.54, 1.807) is 11.8 Å². The Balaban J connectivity index is 2.12. The fourth-order valence-electron chi connectivity index (χ4n) is 3.05. The van der Waals surface area contributed by atoms with E-state index in [9.17, 15) is 9.90 Å². The number of carboxylic acids is 1. The van der Waals surface area contributed by atoms with Crippen molar-refractivity contribution in [1.82, 2.24) is 4.90 Å². The molecule has 0 bridgehead atoms. The lowest BCUT2D eigenvalue weighted by atomic mass is 9.77. The van der Waals surface area contributed by atoms with Crippen molar-refractivity contribution < 1.29 is 9.90 Å². The molecular formula is C16H23NO2S. The molecule has 1 atom stereocenters. The summed E-state index contributed by atoms with van der Waals surface area (Å²) < 4.78 is 0. The van der Waals surface area contributed by atoms with Gasteiger partial charge in [-0.1, -0.05) is 25.1 Å². The summed E-state index contributed by atoms with van der Waals surface area (Å²) in [5, 5.41) is 9.54. The second-order valence-electron chi connectivity index (χ2n) is 5.57. The molecule has 1 heterocycles. The Morgan fingerprint density at radius 2 is 2.20 bits per heavy atom. The van der Waals surface area contributed by atoms with Gasteiger partial charge in [-0.05, 0) is 43.7 Å². The van der Waals surface area contributed by atoms with Crippen LogP contribution in [0.2, 0.25) is 0 Å². The average Bonchev–Trinajstić information content (AvgIpc) is 2.47. The summed E-state index contributed by atoms with van der Waals surface area (Å²) in [7, 11) is 0. The molecule has 0 radical (unpaired) electrons. The third-order valence-electron chi connectivity index (χ3n) is 4.37. The Hall–Kier alpha value is -1.00. The fourth-order valence-corrected chi connectivity index (χ4v) is 3.66. The van der Waals surface area contributed by atoms with Crippen LogP contribution in [0.15, 0.2) is 29.2 Å². The molecule has 110 valence electrons. The zero-order valence-corrected chi connectivity index (χ0v) is 13.1. The highest BCUT2D eigenvalue weighted by atomic mass is 32.2. The summed E-state index contributed by atoms with van der Waals surface area (Å²) in [6.45, 7) is 4.51. The number of hydrogen-bond acceptors (Lipinski definition) is 3. The SMILES string of the molecule is CCC1(C(=O)O)CCCN(Cc2ccccc2SC)C1. The van der Waals surface area contributed by atoms with Crippen molar-refractivity contribution in [3.05, 3.63) is 29.8 Å². The Bertz CT molecular complexity index is 477. The van der Waals surface area contributed by atoms with Gasteiger partial charge >= 0.3 is 5.97 Å². The number of piperidine rings is 1. The number of aliphatic carboxylic acids is 1. The second kappa shape index (κ2) is 6.64. The minimum Gasteiger partial charge on any atom is -0.481 e. The van der Waals surface area contributed by atoms with Crippen LogP contribution < -0.4 is 0 Å². The van der Waals surface area contributed by atoms with E-state index in [-0.39, 0.29) is 0 Å². The van der Waals surface area contributed by atoms with Crippen molar-refractivity contribution in [2.45, 2.75) is 37.6 Å². The van der Waals surface area contributed by atoms with E-state index in [0.717, 1.165) is 25.9 Å². The molecule has 1 aliphatic rings. The van der Waals surface area contributed by atoms with E-state index in [4.69, 9.17) is 0 Å². The molecule has 1 N–H and O–H groups in total. The highest BCUT2D eigenvalue weighted by Gasteiger charge is 2.40. The average molecular weight is 293 g/mol. The quantitative estimate of drug-likeness (QED) is 0.844. The first-order chi connectivity index (χ1) is 9.61. The lowest BCUT2D eigenvalue weighted by molar-refractivity contribution is -0.153. The van der Waals surface area contributed by atoms with Crippen LogP contribution in [-0.2, 0) is 11.3 Å². The van der Waals surface area contributed by atoms with Gasteiger partial charge in [0.1, 0.15) is 0 Å². The van der Waals surface area contributed by atoms with Crippen LogP contribution in [0.5, 0.6) is 0 Å². The van der Waals surface area contributed by atoms with Crippen LogP contribution in [0, 0.1) is 5.41 Å². The summed E-state index contributed by atoms with van der Waals surface area (Å²) in [4.78, 5) is 15.2. The van der Waals surface area contributed by atoms with Gasteiger partial charge in [-0.2, -0.15) is 0 Å². The summed E-state index contributed by atoms with van der Waals surface area (Å²) in [6, 6.07) is 8.39. The molecule has 0 spiro atoms. The van der Waals surface area contributed by atoms with Crippen LogP contribution in [0.25, 0.3) is 0 Å². The van der Waals surface area contributed by atoms with E-state index >= 15 is 0 Å². The van der Waals surface area contributed by atoms with Gasteiger partial charge in [-0.15, -0.1) is 11.8 Å². The van der Waals surface area contributed by atoms with Gasteiger partial charge in [-0.3, -0.25) is 9.69 Å². The molecule has 0 aliphatic carbocycles. The predicted molar refractivity (Wildman–Crippen MR) is 83.1 cm³/mol. The molecule has 3 nitrogen and oxygen atoms in total. The highest BCUT2D eigenvalue weighted by Crippen LogP contribution is 2.34. The Kier molecular flexibility index (Phi) is 5.11. The van der Waals surface area contributed by atoms with Gasteiger partial charge in [0.2, 0.25) is 0 Å². The third-order valence-corrected chi connectivity index (χ3v) is 5.21. The second-order valence-corrected chi connectivity index (χ2v) is 6.41. The number of carbonyl (C=O) groups is 1. The smallest absolute Gasteiger partial charge is 0.310 e. The Morgan fingerprint density at radius 3 is 2.85 bits per heavy atom. The summed E-state index contributed by atoms with van der Waals surface area (Å²) in [6.07, 6.45) is 4.58. The number of hydrogen-bond donors (Lipinski definition) is 1. The number of rotatable bonds is 5. The minimum atomic E-state index is -0.636. The molecule has 1 fully saturated rings. The number of thioether (sulfide) groups is 1. The molecule has 0 aromatic heterocycles. The fraction of sp³-hybridized carbons (Fsp3) is 0.562. The maximum atomic E-state index is 11.6. The van der Waals surface area contributed by atoms with E-state index in [1.165, 1.54) is 10.5 Å². The van der Waals surface area contributed by atoms with Crippen LogP contribution in [-0.4, -0.2) is 35.3 Å². The Morgan fingerprint density at radius 1 is 1.45 bits per heavy atom. The van der Waals surface area contributed by atoms with Gasteiger partial charge in [0.05, 0.1) is 5.41 Å². The van der Waals surface area contributed by atoms with Crippen molar-refractivity contribution in [3.63, 3.8) is 0 Å². The van der Waals surface area contributed by atoms with Crippen molar-refractivity contribution in [3.8, 4) is 0 Å². The summed E-state index contributed by atoms with van der Waals surface area (Å²) in [5.74, 6) is -0.636. The molecule has 2 rings (SSSR count). The minimum absolute atomic E-state index is 0.549. The predicted octanol–water partition coefficient (Wildman–Crippen LogP) is 3.49. The topological polar surface area (TPSA) is 40.5 Å². The molecule has 1 aromatic carbocycles. The number of nitrogens with zero attached hydrogens (tertiary/aromatic N) is 1. The van der Waals surface area contributed by atoms with Crippen LogP contribution >= 0.6 is 11.8 Å². The van der Waals surface area contributed by atoms with Gasteiger partial charge in [-0.25, -0.2) is 0 Å². The standard InChI is InChI=1S/C16H23NO2S/c1-3-16(15(18)19)9-6-10-17(12-16)11-13-7-4-5-8-14(13)20-2/h4-5,7-8H,3,6,9-12H2,1-2H3,(H,18,19). The number of carboxylic acid groups (broad SMARTS) is 1. The van der Waals surface area contributed by atoms with Crippen LogP contribution in [0.1, 0.15) is 31.7 Å². The molecule has 0 amide bonds. The zero-order chi connectivity index (χ0) is 14.6. The van der Waals surface area contributed by atoms with Gasteiger partial charge < -0.3 is 5.11 Å². The van der Waals surface area contributed by atoms with Crippen LogP contribution in [0.4, 0.5) is 0 Å². The summed E-state index contributed by atoms with van der Waals surface area (Å²) in [5.41, 5.74) is 0.754. The third kappa shape index (κ3) is 3.18. The van der Waals surface area contributed by atoms with E-state index < -0.39 is 11.4 Å². The summed E-state index contributed by atoms with van der Waals surface area (Å²) >= 11 is 1.75. The molecular weight excluding hydrogens is 270 g/mol. The zero-order valence-electron chi connectivity index (χ0n) is 12.3. The first kappa shape index (κ1) is 15.4. The van der Waals surface area contributed by atoms with Gasteiger partial charge in [0.15, 0.2) is 0 Å². The lowest BCUT2D eigenvalue weighted by Gasteiger charge is -2.39. The van der Waals surface area contributed by atoms with E-state index in [0.29, 0.717) is 13.0 Å². The van der Waals surface area contributed by atoms with Gasteiger partial charge in [0, 0.05) is 18.0 Å². The molecule has 20 heavy (non-hydrogen) atoms. The van der Waals surface area contributed by atoms with Crippen molar-refractivity contribution in [2.24, 2.45) is 5.41 Å². The maximum absolute atomic E-state index is 11.6. The van der Waals surface area contributed by atoms with E-state index in [1.807, 2.05) is 6.92 Å². The maximum Gasteiger partial charge on any atom is 0.310 e. The molecule has 1 unspecified atom stereocenters. The van der Waals surface area contributed by atoms with Crippen molar-refractivity contribution in [2.75, 3.05) is 19.3 Å². The monoisotopic (exact) mass is 293 g/mol. The van der Waals surface area contributed by atoms with Gasteiger partial charge in [0.25, 0.3) is 0 Å². The van der Waals surface area contributed by atoms with Crippen molar-refractivity contribution in [1.29, 1.82) is 0 Å². The Labute approximate surface area is 125 Å². The number of benzene rings is 1. The van der Waals surface area contributed by atoms with E-state index in [2.05, 4.69) is 35.4 Å². The normalized spacial score (nSPS) is 23.7. The van der Waals surface area contributed by atoms with Crippen molar-refractivity contribution >= 4 is 17.7 Å². The first-order valence-electron chi connectivity index (χ1n) is 7.19.